The average Bonchev–Trinajstić information content (AvgIpc) is 2.61. The van der Waals surface area contributed by atoms with E-state index in [1.165, 1.54) is 12.5 Å². The van der Waals surface area contributed by atoms with Gasteiger partial charge >= 0.3 is 0 Å². The number of benzene rings is 1. The van der Waals surface area contributed by atoms with Gasteiger partial charge in [-0.3, -0.25) is 19.8 Å². The maximum absolute atomic E-state index is 12.2. The second kappa shape index (κ2) is 9.65. The summed E-state index contributed by atoms with van der Waals surface area (Å²) in [7, 11) is 0. The summed E-state index contributed by atoms with van der Waals surface area (Å²) in [6.07, 6.45) is 10.7. The van der Waals surface area contributed by atoms with Crippen LogP contribution in [0.3, 0.4) is 0 Å². The predicted molar refractivity (Wildman–Crippen MR) is 92.2 cm³/mol. The van der Waals surface area contributed by atoms with Crippen LogP contribution < -0.4 is 5.43 Å². The Balaban J connectivity index is 1.89. The van der Waals surface area contributed by atoms with E-state index >= 15 is 0 Å². The number of hydrogen-bond acceptors (Lipinski definition) is 3. The lowest BCUT2D eigenvalue weighted by atomic mass is 9.87. The molecule has 0 bridgehead atoms. The van der Waals surface area contributed by atoms with Crippen molar-refractivity contribution in [1.82, 2.24) is 10.4 Å². The summed E-state index contributed by atoms with van der Waals surface area (Å²) in [5, 5.41) is 1.01. The van der Waals surface area contributed by atoms with Gasteiger partial charge in [-0.15, -0.1) is 0 Å². The lowest BCUT2D eigenvalue weighted by Crippen LogP contribution is -2.46. The molecule has 1 fully saturated rings. The van der Waals surface area contributed by atoms with Gasteiger partial charge in [0.05, 0.1) is 0 Å². The first-order valence-electron chi connectivity index (χ1n) is 8.38. The second-order valence-electron chi connectivity index (χ2n) is 6.06. The van der Waals surface area contributed by atoms with Crippen molar-refractivity contribution in [3.05, 3.63) is 42.0 Å². The van der Waals surface area contributed by atoms with Gasteiger partial charge in [0.2, 0.25) is 12.2 Å². The predicted octanol–water partition coefficient (Wildman–Crippen LogP) is 2.64. The molecule has 2 rings (SSSR count). The van der Waals surface area contributed by atoms with Gasteiger partial charge in [-0.05, 0) is 30.4 Å². The molecule has 0 saturated heterocycles. The van der Waals surface area contributed by atoms with Crippen LogP contribution in [0.1, 0.15) is 44.1 Å². The molecule has 0 unspecified atom stereocenters. The summed E-state index contributed by atoms with van der Waals surface area (Å²) in [4.78, 5) is 35.0. The summed E-state index contributed by atoms with van der Waals surface area (Å²) in [6.45, 7) is -0.283. The van der Waals surface area contributed by atoms with Crippen LogP contribution in [0.2, 0.25) is 0 Å². The van der Waals surface area contributed by atoms with Gasteiger partial charge in [0.15, 0.2) is 0 Å². The van der Waals surface area contributed by atoms with Gasteiger partial charge in [0.1, 0.15) is 6.54 Å². The summed E-state index contributed by atoms with van der Waals surface area (Å²) in [5.74, 6) is -0.298. The molecule has 2 amide bonds. The summed E-state index contributed by atoms with van der Waals surface area (Å²) in [5.41, 5.74) is 3.40. The molecular formula is C19H23N2O3. The minimum Gasteiger partial charge on any atom is -0.289 e. The highest BCUT2D eigenvalue weighted by molar-refractivity contribution is 5.94. The van der Waals surface area contributed by atoms with Crippen LogP contribution in [-0.4, -0.2) is 29.7 Å². The average molecular weight is 327 g/mol. The number of carbonyl (C=O) groups excluding carboxylic acids is 3. The zero-order chi connectivity index (χ0) is 17.2. The quantitative estimate of drug-likeness (QED) is 0.645. The molecule has 1 aromatic rings. The van der Waals surface area contributed by atoms with E-state index in [4.69, 9.17) is 0 Å². The highest BCUT2D eigenvalue weighted by Crippen LogP contribution is 2.26. The van der Waals surface area contributed by atoms with Gasteiger partial charge in [-0.1, -0.05) is 49.6 Å². The Morgan fingerprint density at radius 2 is 1.88 bits per heavy atom. The van der Waals surface area contributed by atoms with E-state index in [2.05, 4.69) is 5.43 Å². The van der Waals surface area contributed by atoms with E-state index in [9.17, 15) is 14.4 Å². The van der Waals surface area contributed by atoms with Crippen molar-refractivity contribution in [3.63, 3.8) is 0 Å². The van der Waals surface area contributed by atoms with E-state index in [0.717, 1.165) is 36.3 Å². The van der Waals surface area contributed by atoms with E-state index in [1.54, 1.807) is 12.4 Å². The van der Waals surface area contributed by atoms with Gasteiger partial charge in [-0.2, -0.15) is 0 Å². The van der Waals surface area contributed by atoms with E-state index < -0.39 is 5.91 Å². The molecule has 1 radical (unpaired) electrons. The van der Waals surface area contributed by atoms with Crippen LogP contribution in [0.25, 0.3) is 6.08 Å². The Kier molecular flexibility index (Phi) is 7.21. The first-order valence-corrected chi connectivity index (χ1v) is 8.38. The molecule has 0 heterocycles. The lowest BCUT2D eigenvalue weighted by molar-refractivity contribution is -0.137. The fourth-order valence-corrected chi connectivity index (χ4v) is 2.91. The van der Waals surface area contributed by atoms with Crippen molar-refractivity contribution >= 4 is 24.2 Å². The van der Waals surface area contributed by atoms with Gasteiger partial charge < -0.3 is 0 Å². The molecule has 127 valence electrons. The summed E-state index contributed by atoms with van der Waals surface area (Å²) >= 11 is 0. The van der Waals surface area contributed by atoms with E-state index in [0.29, 0.717) is 12.3 Å². The highest BCUT2D eigenvalue weighted by atomic mass is 16.2. The summed E-state index contributed by atoms with van der Waals surface area (Å²) in [6, 6.07) is 9.35. The van der Waals surface area contributed by atoms with Crippen LogP contribution in [0.5, 0.6) is 0 Å². The first-order chi connectivity index (χ1) is 11.7. The van der Waals surface area contributed by atoms with Crippen LogP contribution >= 0.6 is 0 Å². The lowest BCUT2D eigenvalue weighted by Gasteiger charge is -2.23. The molecule has 0 atom stereocenters. The van der Waals surface area contributed by atoms with Crippen LogP contribution in [0.4, 0.5) is 0 Å². The molecule has 1 saturated carbocycles. The topological polar surface area (TPSA) is 66.5 Å². The van der Waals surface area contributed by atoms with Crippen molar-refractivity contribution in [2.45, 2.75) is 38.5 Å². The smallest absolute Gasteiger partial charge is 0.265 e. The zero-order valence-electron chi connectivity index (χ0n) is 13.7. The third-order valence-corrected chi connectivity index (χ3v) is 4.17. The monoisotopic (exact) mass is 327 g/mol. The van der Waals surface area contributed by atoms with Gasteiger partial charge in [0, 0.05) is 12.5 Å². The Hall–Kier alpha value is -2.43. The van der Waals surface area contributed by atoms with E-state index in [-0.39, 0.29) is 12.5 Å². The molecule has 0 aliphatic heterocycles. The number of amides is 2. The van der Waals surface area contributed by atoms with Crippen LogP contribution in [-0.2, 0) is 14.4 Å². The van der Waals surface area contributed by atoms with Crippen molar-refractivity contribution in [1.29, 1.82) is 0 Å². The molecule has 0 spiro atoms. The molecule has 1 aliphatic carbocycles. The number of nitrogens with one attached hydrogen (secondary N) is 1. The number of hydrogen-bond donors (Lipinski definition) is 1. The molecule has 24 heavy (non-hydrogen) atoms. The fourth-order valence-electron chi connectivity index (χ4n) is 2.91. The van der Waals surface area contributed by atoms with Crippen molar-refractivity contribution in [2.75, 3.05) is 6.54 Å². The maximum Gasteiger partial charge on any atom is 0.265 e. The summed E-state index contributed by atoms with van der Waals surface area (Å²) < 4.78 is 0. The van der Waals surface area contributed by atoms with Crippen LogP contribution in [0, 0.1) is 5.92 Å². The first kappa shape index (κ1) is 17.9. The number of nitrogens with zero attached hydrogens (tertiary/aromatic N) is 1. The molecular weight excluding hydrogens is 304 g/mol. The normalized spacial score (nSPS) is 15.2. The third kappa shape index (κ3) is 5.99. The molecule has 5 heteroatoms. The van der Waals surface area contributed by atoms with Gasteiger partial charge in [0.25, 0.3) is 5.91 Å². The largest absolute Gasteiger partial charge is 0.289 e. The fraction of sp³-hybridized carbons (Fsp3) is 0.421. The molecule has 1 N–H and O–H groups in total. The standard InChI is InChI=1S/C19H23N2O3/c22-14-13-21(19(24)12-11-16-7-3-1-4-8-16)20-18(23)15-17-9-5-2-6-10-17/h1,3-4,7-8,11-12,17H,2,5-6,9-10,13,15H2,(H,20,23). The van der Waals surface area contributed by atoms with Crippen molar-refractivity contribution < 1.29 is 14.4 Å². The molecule has 0 aromatic heterocycles. The Bertz CT molecular complexity index is 578. The Morgan fingerprint density at radius 1 is 1.17 bits per heavy atom. The Labute approximate surface area is 142 Å². The number of carbonyl (C=O) groups is 2. The third-order valence-electron chi connectivity index (χ3n) is 4.17. The number of hydrazine groups is 1. The minimum atomic E-state index is -0.445. The van der Waals surface area contributed by atoms with Gasteiger partial charge in [-0.25, -0.2) is 5.01 Å². The van der Waals surface area contributed by atoms with Crippen molar-refractivity contribution in [2.24, 2.45) is 5.92 Å². The molecule has 5 nitrogen and oxygen atoms in total. The highest BCUT2D eigenvalue weighted by Gasteiger charge is 2.19. The molecule has 1 aliphatic rings. The number of rotatable bonds is 6. The van der Waals surface area contributed by atoms with Crippen LogP contribution in [0.15, 0.2) is 36.4 Å². The minimum absolute atomic E-state index is 0.224. The van der Waals surface area contributed by atoms with Crippen molar-refractivity contribution in [3.8, 4) is 0 Å². The molecule has 1 aromatic carbocycles. The zero-order valence-corrected chi connectivity index (χ0v) is 13.7. The maximum atomic E-state index is 12.2. The Morgan fingerprint density at radius 3 is 2.54 bits per heavy atom. The van der Waals surface area contributed by atoms with E-state index in [1.807, 2.05) is 30.3 Å². The second-order valence-corrected chi connectivity index (χ2v) is 6.06. The SMILES string of the molecule is O=[C]CN(NC(=O)CC1CCCCC1)C(=O)C=Cc1ccccc1.